The van der Waals surface area contributed by atoms with Crippen molar-refractivity contribution >= 4 is 11.6 Å². The lowest BCUT2D eigenvalue weighted by molar-refractivity contribution is -0.136. The van der Waals surface area contributed by atoms with Gasteiger partial charge in [-0.15, -0.1) is 0 Å². The molecule has 0 spiro atoms. The van der Waals surface area contributed by atoms with Gasteiger partial charge in [0, 0.05) is 18.9 Å². The summed E-state index contributed by atoms with van der Waals surface area (Å²) in [6, 6.07) is 6.47. The van der Waals surface area contributed by atoms with Crippen molar-refractivity contribution in [1.82, 2.24) is 10.6 Å². The van der Waals surface area contributed by atoms with Crippen LogP contribution < -0.4 is 10.6 Å². The number of piperidine rings is 1. The van der Waals surface area contributed by atoms with E-state index in [-0.39, 0.29) is 23.9 Å². The Morgan fingerprint density at radius 1 is 1.38 bits per heavy atom. The highest BCUT2D eigenvalue weighted by Gasteiger charge is 2.43. The molecule has 1 aromatic rings. The van der Waals surface area contributed by atoms with Gasteiger partial charge in [0.2, 0.25) is 5.91 Å². The molecule has 26 heavy (non-hydrogen) atoms. The predicted molar refractivity (Wildman–Crippen MR) is 99.5 cm³/mol. The number of carbonyl (C=O) groups is 1. The molecule has 1 saturated heterocycles. The molecule has 1 amide bonds. The Labute approximate surface area is 154 Å². The lowest BCUT2D eigenvalue weighted by Gasteiger charge is -2.38. The number of rotatable bonds is 6. The lowest BCUT2D eigenvalue weighted by atomic mass is 9.73. The molecule has 3 rings (SSSR count). The van der Waals surface area contributed by atoms with Gasteiger partial charge in [-0.1, -0.05) is 24.2 Å². The molecule has 6 heteroatoms. The van der Waals surface area contributed by atoms with E-state index in [1.165, 1.54) is 12.1 Å². The molecule has 5 nitrogen and oxygen atoms in total. The van der Waals surface area contributed by atoms with Crippen LogP contribution in [-0.2, 0) is 9.63 Å². The summed E-state index contributed by atoms with van der Waals surface area (Å²) in [4.78, 5) is 18.6. The van der Waals surface area contributed by atoms with E-state index in [0.717, 1.165) is 43.6 Å². The Balaban J connectivity index is 1.66. The van der Waals surface area contributed by atoms with Crippen molar-refractivity contribution < 1.29 is 14.0 Å². The molecule has 2 heterocycles. The second-order valence-electron chi connectivity index (χ2n) is 7.49. The molecule has 0 saturated carbocycles. The first-order valence-electron chi connectivity index (χ1n) is 9.53. The second kappa shape index (κ2) is 8.16. The molecule has 0 aromatic heterocycles. The summed E-state index contributed by atoms with van der Waals surface area (Å²) in [7, 11) is 0. The van der Waals surface area contributed by atoms with Crippen LogP contribution in [0.2, 0.25) is 0 Å². The van der Waals surface area contributed by atoms with Gasteiger partial charge in [0.25, 0.3) is 0 Å². The fraction of sp³-hybridized carbons (Fsp3) is 0.600. The first kappa shape index (κ1) is 18.8. The zero-order valence-electron chi connectivity index (χ0n) is 15.6. The van der Waals surface area contributed by atoms with E-state index in [0.29, 0.717) is 12.8 Å². The lowest BCUT2D eigenvalue weighted by Crippen LogP contribution is -2.51. The van der Waals surface area contributed by atoms with Crippen LogP contribution in [0.15, 0.2) is 29.4 Å². The Morgan fingerprint density at radius 3 is 2.73 bits per heavy atom. The highest BCUT2D eigenvalue weighted by molar-refractivity contribution is 6.01. The van der Waals surface area contributed by atoms with E-state index in [1.54, 1.807) is 12.1 Å². The maximum Gasteiger partial charge on any atom is 0.226 e. The van der Waals surface area contributed by atoms with Gasteiger partial charge in [-0.05, 0) is 57.0 Å². The maximum absolute atomic E-state index is 13.1. The number of benzene rings is 1. The first-order valence-corrected chi connectivity index (χ1v) is 9.53. The molecule has 2 aliphatic heterocycles. The number of nitrogens with zero attached hydrogens (tertiary/aromatic N) is 1. The number of carbonyl (C=O) groups excluding carboxylic acids is 1. The zero-order chi connectivity index (χ0) is 18.6. The number of nitrogens with one attached hydrogen (secondary N) is 2. The fourth-order valence-electron chi connectivity index (χ4n) is 3.69. The Bertz CT molecular complexity index is 654. The van der Waals surface area contributed by atoms with Crippen molar-refractivity contribution in [3.05, 3.63) is 35.6 Å². The summed E-state index contributed by atoms with van der Waals surface area (Å²) in [6.45, 7) is 5.79. The molecule has 2 atom stereocenters. The van der Waals surface area contributed by atoms with Gasteiger partial charge < -0.3 is 15.5 Å². The molecule has 1 fully saturated rings. The van der Waals surface area contributed by atoms with E-state index in [4.69, 9.17) is 4.84 Å². The molecule has 0 radical (unpaired) electrons. The summed E-state index contributed by atoms with van der Waals surface area (Å²) >= 11 is 0. The summed E-state index contributed by atoms with van der Waals surface area (Å²) in [5, 5.41) is 10.7. The van der Waals surface area contributed by atoms with Crippen molar-refractivity contribution in [3.8, 4) is 0 Å². The third kappa shape index (κ3) is 4.23. The average molecular weight is 361 g/mol. The van der Waals surface area contributed by atoms with Gasteiger partial charge in [-0.25, -0.2) is 4.39 Å². The quantitative estimate of drug-likeness (QED) is 0.819. The first-order chi connectivity index (χ1) is 12.5. The van der Waals surface area contributed by atoms with E-state index >= 15 is 0 Å². The van der Waals surface area contributed by atoms with Crippen molar-refractivity contribution in [2.75, 3.05) is 13.1 Å². The standard InChI is InChI=1S/C20H28FN3O2/c1-3-14(2)23-19(25)20(8-10-22-11-9-20)13-17-12-18(24-26-17)15-4-6-16(21)7-5-15/h4-7,14,17,22H,3,8-13H2,1-2H3,(H,23,25). The monoisotopic (exact) mass is 361 g/mol. The average Bonchev–Trinajstić information content (AvgIpc) is 3.11. The zero-order valence-corrected chi connectivity index (χ0v) is 15.6. The molecule has 0 bridgehead atoms. The predicted octanol–water partition coefficient (Wildman–Crippen LogP) is 2.99. The van der Waals surface area contributed by atoms with E-state index in [2.05, 4.69) is 22.7 Å². The minimum absolute atomic E-state index is 0.115. The number of amides is 1. The molecular weight excluding hydrogens is 333 g/mol. The Hall–Kier alpha value is -1.95. The Kier molecular flexibility index (Phi) is 5.91. The van der Waals surface area contributed by atoms with Crippen LogP contribution in [0.1, 0.15) is 51.5 Å². The minimum atomic E-state index is -0.410. The fourth-order valence-corrected chi connectivity index (χ4v) is 3.69. The highest BCUT2D eigenvalue weighted by Crippen LogP contribution is 2.37. The molecular formula is C20H28FN3O2. The van der Waals surface area contributed by atoms with Gasteiger partial charge in [0.15, 0.2) is 0 Å². The third-order valence-corrected chi connectivity index (χ3v) is 5.56. The van der Waals surface area contributed by atoms with Gasteiger partial charge >= 0.3 is 0 Å². The number of halogens is 1. The molecule has 2 unspecified atom stereocenters. The summed E-state index contributed by atoms with van der Waals surface area (Å²) < 4.78 is 13.1. The van der Waals surface area contributed by atoms with Gasteiger partial charge in [0.05, 0.1) is 11.1 Å². The third-order valence-electron chi connectivity index (χ3n) is 5.56. The number of hydrogen-bond acceptors (Lipinski definition) is 4. The van der Waals surface area contributed by atoms with Crippen molar-refractivity contribution in [3.63, 3.8) is 0 Å². The van der Waals surface area contributed by atoms with Crippen molar-refractivity contribution in [1.29, 1.82) is 0 Å². The SMILES string of the molecule is CCC(C)NC(=O)C1(CC2CC(c3ccc(F)cc3)=NO2)CCNCC1. The van der Waals surface area contributed by atoms with E-state index in [9.17, 15) is 9.18 Å². The van der Waals surface area contributed by atoms with Gasteiger partial charge in [-0.2, -0.15) is 0 Å². The molecule has 142 valence electrons. The van der Waals surface area contributed by atoms with Crippen LogP contribution in [0.5, 0.6) is 0 Å². The summed E-state index contributed by atoms with van der Waals surface area (Å²) in [5.74, 6) is -0.132. The molecule has 1 aromatic carbocycles. The molecule has 0 aliphatic carbocycles. The topological polar surface area (TPSA) is 62.7 Å². The minimum Gasteiger partial charge on any atom is -0.392 e. The maximum atomic E-state index is 13.1. The van der Waals surface area contributed by atoms with Crippen LogP contribution in [0, 0.1) is 11.2 Å². The van der Waals surface area contributed by atoms with Crippen LogP contribution >= 0.6 is 0 Å². The van der Waals surface area contributed by atoms with Crippen LogP contribution in [0.4, 0.5) is 4.39 Å². The highest BCUT2D eigenvalue weighted by atomic mass is 19.1. The van der Waals surface area contributed by atoms with Crippen LogP contribution in [0.25, 0.3) is 0 Å². The van der Waals surface area contributed by atoms with Crippen LogP contribution in [-0.4, -0.2) is 36.9 Å². The van der Waals surface area contributed by atoms with Gasteiger partial charge in [-0.3, -0.25) is 4.79 Å². The number of hydrogen-bond donors (Lipinski definition) is 2. The number of oxime groups is 1. The normalized spacial score (nSPS) is 23.0. The second-order valence-corrected chi connectivity index (χ2v) is 7.49. The smallest absolute Gasteiger partial charge is 0.226 e. The van der Waals surface area contributed by atoms with Crippen LogP contribution in [0.3, 0.4) is 0 Å². The van der Waals surface area contributed by atoms with E-state index < -0.39 is 5.41 Å². The van der Waals surface area contributed by atoms with Crippen molar-refractivity contribution in [2.24, 2.45) is 10.6 Å². The summed E-state index contributed by atoms with van der Waals surface area (Å²) in [6.07, 6.45) is 3.72. The Morgan fingerprint density at radius 2 is 2.08 bits per heavy atom. The molecule has 2 N–H and O–H groups in total. The largest absolute Gasteiger partial charge is 0.392 e. The van der Waals surface area contributed by atoms with E-state index in [1.807, 2.05) is 6.92 Å². The molecule has 2 aliphatic rings. The van der Waals surface area contributed by atoms with Crippen molar-refractivity contribution in [2.45, 2.75) is 58.1 Å². The van der Waals surface area contributed by atoms with Gasteiger partial charge in [0.1, 0.15) is 11.9 Å². The summed E-state index contributed by atoms with van der Waals surface area (Å²) in [5.41, 5.74) is 1.28.